The van der Waals surface area contributed by atoms with Gasteiger partial charge >= 0.3 is 0 Å². The van der Waals surface area contributed by atoms with E-state index in [4.69, 9.17) is 9.47 Å². The molecule has 0 unspecified atom stereocenters. The van der Waals surface area contributed by atoms with Crippen LogP contribution in [0.4, 0.5) is 0 Å². The minimum Gasteiger partial charge on any atom is -0.496 e. The summed E-state index contributed by atoms with van der Waals surface area (Å²) in [6, 6.07) is 16.9. The number of ether oxygens (including phenoxy) is 2. The van der Waals surface area contributed by atoms with Crippen LogP contribution in [0.25, 0.3) is 0 Å². The molecule has 1 aliphatic rings. The van der Waals surface area contributed by atoms with Gasteiger partial charge in [-0.05, 0) is 30.2 Å². The smallest absolute Gasteiger partial charge is 0.253 e. The fraction of sp³-hybridized carbons (Fsp3) is 0.391. The second kappa shape index (κ2) is 10.1. The molecule has 2 aromatic carbocycles. The molecule has 0 spiro atoms. The summed E-state index contributed by atoms with van der Waals surface area (Å²) in [5.41, 5.74) is 1.59. The fourth-order valence-electron chi connectivity index (χ4n) is 3.85. The maximum Gasteiger partial charge on any atom is 0.253 e. The van der Waals surface area contributed by atoms with E-state index in [2.05, 4.69) is 5.32 Å². The number of methoxy groups -OCH3 is 2. The lowest BCUT2D eigenvalue weighted by Gasteiger charge is -2.20. The lowest BCUT2D eigenvalue weighted by Crippen LogP contribution is -2.36. The first kappa shape index (κ1) is 20.9. The molecule has 1 aliphatic heterocycles. The van der Waals surface area contributed by atoms with E-state index < -0.39 is 0 Å². The average molecular weight is 396 g/mol. The Balaban J connectivity index is 1.82. The van der Waals surface area contributed by atoms with Crippen molar-refractivity contribution in [1.29, 1.82) is 0 Å². The number of amides is 2. The Bertz CT molecular complexity index is 825. The van der Waals surface area contributed by atoms with Gasteiger partial charge in [-0.3, -0.25) is 9.59 Å². The monoisotopic (exact) mass is 396 g/mol. The van der Waals surface area contributed by atoms with Crippen molar-refractivity contribution in [3.8, 4) is 5.75 Å². The molecule has 0 aromatic heterocycles. The van der Waals surface area contributed by atoms with Gasteiger partial charge < -0.3 is 19.7 Å². The van der Waals surface area contributed by atoms with Crippen LogP contribution < -0.4 is 10.1 Å². The molecule has 0 saturated carbocycles. The number of para-hydroxylation sites is 1. The number of carbonyl (C=O) groups is 2. The van der Waals surface area contributed by atoms with Crippen LogP contribution in [-0.4, -0.2) is 57.2 Å². The van der Waals surface area contributed by atoms with E-state index in [0.29, 0.717) is 31.8 Å². The zero-order chi connectivity index (χ0) is 20.6. The predicted molar refractivity (Wildman–Crippen MR) is 111 cm³/mol. The zero-order valence-electron chi connectivity index (χ0n) is 17.0. The molecule has 154 valence electrons. The van der Waals surface area contributed by atoms with Gasteiger partial charge in [-0.15, -0.1) is 0 Å². The molecule has 2 atom stereocenters. The van der Waals surface area contributed by atoms with Gasteiger partial charge in [0.05, 0.1) is 13.0 Å². The third kappa shape index (κ3) is 4.95. The van der Waals surface area contributed by atoms with Crippen LogP contribution in [0.5, 0.6) is 5.75 Å². The highest BCUT2D eigenvalue weighted by Crippen LogP contribution is 2.38. The number of nitrogens with one attached hydrogen (secondary N) is 1. The van der Waals surface area contributed by atoms with E-state index in [1.165, 1.54) is 0 Å². The molecular weight excluding hydrogens is 368 g/mol. The van der Waals surface area contributed by atoms with E-state index in [1.807, 2.05) is 42.5 Å². The van der Waals surface area contributed by atoms with Crippen molar-refractivity contribution in [3.05, 3.63) is 65.7 Å². The van der Waals surface area contributed by atoms with Crippen LogP contribution in [0, 0.1) is 5.92 Å². The van der Waals surface area contributed by atoms with Crippen LogP contribution in [-0.2, 0) is 9.53 Å². The molecular formula is C23H28N2O4. The summed E-state index contributed by atoms with van der Waals surface area (Å²) in [5, 5.41) is 3.00. The summed E-state index contributed by atoms with van der Waals surface area (Å²) < 4.78 is 10.6. The molecule has 2 aromatic rings. The molecule has 1 fully saturated rings. The molecule has 6 nitrogen and oxygen atoms in total. The second-order valence-corrected chi connectivity index (χ2v) is 7.17. The van der Waals surface area contributed by atoms with Crippen LogP contribution in [0.15, 0.2) is 54.6 Å². The molecule has 0 bridgehead atoms. The number of hydrogen-bond donors (Lipinski definition) is 1. The topological polar surface area (TPSA) is 67.9 Å². The summed E-state index contributed by atoms with van der Waals surface area (Å²) in [5.74, 6) is 0.187. The first-order valence-electron chi connectivity index (χ1n) is 9.89. The molecule has 3 rings (SSSR count). The minimum atomic E-state index is -0.332. The van der Waals surface area contributed by atoms with E-state index in [9.17, 15) is 9.59 Å². The van der Waals surface area contributed by atoms with Gasteiger partial charge in [0.25, 0.3) is 5.91 Å². The Morgan fingerprint density at radius 1 is 1.03 bits per heavy atom. The van der Waals surface area contributed by atoms with Crippen molar-refractivity contribution in [1.82, 2.24) is 10.2 Å². The zero-order valence-corrected chi connectivity index (χ0v) is 17.0. The van der Waals surface area contributed by atoms with Gasteiger partial charge in [-0.25, -0.2) is 0 Å². The van der Waals surface area contributed by atoms with Gasteiger partial charge in [-0.1, -0.05) is 36.4 Å². The average Bonchev–Trinajstić information content (AvgIpc) is 3.22. The SMILES string of the molecule is COCCCNC(=O)[C@@H]1CN(C(=O)c2ccccc2)C[C@H]1c1ccccc1OC. The summed E-state index contributed by atoms with van der Waals surface area (Å²) in [6.07, 6.45) is 0.751. The Hall–Kier alpha value is -2.86. The first-order valence-corrected chi connectivity index (χ1v) is 9.89. The van der Waals surface area contributed by atoms with Crippen LogP contribution in [0.1, 0.15) is 28.3 Å². The van der Waals surface area contributed by atoms with Crippen molar-refractivity contribution in [2.24, 2.45) is 5.92 Å². The highest BCUT2D eigenvalue weighted by Gasteiger charge is 2.41. The Labute approximate surface area is 171 Å². The standard InChI is InChI=1S/C23H28N2O4/c1-28-14-8-13-24-22(26)20-16-25(23(27)17-9-4-3-5-10-17)15-19(20)18-11-6-7-12-21(18)29-2/h3-7,9-12,19-20H,8,13-16H2,1-2H3,(H,24,26)/t19-,20+/m0/s1. The van der Waals surface area contributed by atoms with Gasteiger partial charge in [0.2, 0.25) is 5.91 Å². The van der Waals surface area contributed by atoms with Gasteiger partial charge in [-0.2, -0.15) is 0 Å². The summed E-state index contributed by atoms with van der Waals surface area (Å²) in [4.78, 5) is 27.7. The van der Waals surface area contributed by atoms with Crippen molar-refractivity contribution in [2.75, 3.05) is 40.5 Å². The molecule has 2 amide bonds. The number of hydrogen-bond acceptors (Lipinski definition) is 4. The highest BCUT2D eigenvalue weighted by atomic mass is 16.5. The molecule has 0 aliphatic carbocycles. The number of carbonyl (C=O) groups excluding carboxylic acids is 2. The largest absolute Gasteiger partial charge is 0.496 e. The molecule has 1 saturated heterocycles. The number of nitrogens with zero attached hydrogens (tertiary/aromatic N) is 1. The molecule has 29 heavy (non-hydrogen) atoms. The predicted octanol–water partition coefficient (Wildman–Crippen LogP) is 2.70. The van der Waals surface area contributed by atoms with Crippen molar-refractivity contribution in [2.45, 2.75) is 12.3 Å². The van der Waals surface area contributed by atoms with Crippen molar-refractivity contribution in [3.63, 3.8) is 0 Å². The summed E-state index contributed by atoms with van der Waals surface area (Å²) in [7, 11) is 3.27. The molecule has 1 heterocycles. The van der Waals surface area contributed by atoms with Gasteiger partial charge in [0.1, 0.15) is 5.75 Å². The molecule has 1 N–H and O–H groups in total. The maximum atomic E-state index is 13.0. The summed E-state index contributed by atoms with van der Waals surface area (Å²) in [6.45, 7) is 2.00. The maximum absolute atomic E-state index is 13.0. The number of likely N-dealkylation sites (tertiary alicyclic amines) is 1. The Morgan fingerprint density at radius 3 is 2.48 bits per heavy atom. The third-order valence-electron chi connectivity index (χ3n) is 5.33. The van der Waals surface area contributed by atoms with Gasteiger partial charge in [0.15, 0.2) is 0 Å². The van der Waals surface area contributed by atoms with Crippen LogP contribution >= 0.6 is 0 Å². The minimum absolute atomic E-state index is 0.0413. The van der Waals surface area contributed by atoms with E-state index in [0.717, 1.165) is 17.7 Å². The summed E-state index contributed by atoms with van der Waals surface area (Å²) >= 11 is 0. The normalized spacial score (nSPS) is 18.5. The highest BCUT2D eigenvalue weighted by molar-refractivity contribution is 5.95. The van der Waals surface area contributed by atoms with E-state index in [-0.39, 0.29) is 23.7 Å². The van der Waals surface area contributed by atoms with E-state index >= 15 is 0 Å². The second-order valence-electron chi connectivity index (χ2n) is 7.17. The quantitative estimate of drug-likeness (QED) is 0.697. The van der Waals surface area contributed by atoms with Gasteiger partial charge in [0, 0.05) is 44.8 Å². The third-order valence-corrected chi connectivity index (χ3v) is 5.33. The van der Waals surface area contributed by atoms with Crippen molar-refractivity contribution < 1.29 is 19.1 Å². The molecule has 0 radical (unpaired) electrons. The van der Waals surface area contributed by atoms with Crippen LogP contribution in [0.2, 0.25) is 0 Å². The lowest BCUT2D eigenvalue weighted by atomic mass is 9.87. The van der Waals surface area contributed by atoms with Crippen molar-refractivity contribution >= 4 is 11.8 Å². The molecule has 6 heteroatoms. The Kier molecular flexibility index (Phi) is 7.25. The fourth-order valence-corrected chi connectivity index (χ4v) is 3.85. The number of benzene rings is 2. The van der Waals surface area contributed by atoms with Crippen LogP contribution in [0.3, 0.4) is 0 Å². The Morgan fingerprint density at radius 2 is 1.76 bits per heavy atom. The lowest BCUT2D eigenvalue weighted by molar-refractivity contribution is -0.124. The number of rotatable bonds is 8. The first-order chi connectivity index (χ1) is 14.2. The van der Waals surface area contributed by atoms with E-state index in [1.54, 1.807) is 31.3 Å².